The van der Waals surface area contributed by atoms with Gasteiger partial charge in [0.05, 0.1) is 12.2 Å². The normalized spacial score (nSPS) is 12.9. The van der Waals surface area contributed by atoms with Gasteiger partial charge in [-0.05, 0) is 27.7 Å². The van der Waals surface area contributed by atoms with E-state index in [0.29, 0.717) is 0 Å². The van der Waals surface area contributed by atoms with Gasteiger partial charge in [-0.1, -0.05) is 62.8 Å². The predicted octanol–water partition coefficient (Wildman–Crippen LogP) is 7.65. The van der Waals surface area contributed by atoms with Crippen molar-refractivity contribution in [3.63, 3.8) is 0 Å². The summed E-state index contributed by atoms with van der Waals surface area (Å²) in [5.74, 6) is 0. The van der Waals surface area contributed by atoms with Crippen LogP contribution >= 0.6 is 14.7 Å². The standard InChI is InChI=1S/2C9H21O2P.CH4/c2*1-7(2)11-12(10,8(3)4)9(5)6;/h2*7-9H,1-6H3;1H4. The fourth-order valence-corrected chi connectivity index (χ4v) is 7.02. The molecule has 0 bridgehead atoms. The largest absolute Gasteiger partial charge is 0.325 e. The van der Waals surface area contributed by atoms with Crippen molar-refractivity contribution in [1.29, 1.82) is 0 Å². The molecule has 6 heteroatoms. The first-order chi connectivity index (χ1) is 10.6. The molecule has 0 aromatic heterocycles. The Bertz CT molecular complexity index is 363. The van der Waals surface area contributed by atoms with E-state index in [1.807, 2.05) is 83.1 Å². The molecule has 156 valence electrons. The first-order valence-electron chi connectivity index (χ1n) is 9.16. The van der Waals surface area contributed by atoms with Crippen molar-refractivity contribution in [3.05, 3.63) is 0 Å². The van der Waals surface area contributed by atoms with E-state index in [-0.39, 0.29) is 42.3 Å². The Labute approximate surface area is 158 Å². The van der Waals surface area contributed by atoms with Crippen LogP contribution in [0.4, 0.5) is 0 Å². The van der Waals surface area contributed by atoms with Gasteiger partial charge in [-0.25, -0.2) is 0 Å². The van der Waals surface area contributed by atoms with E-state index in [2.05, 4.69) is 0 Å². The van der Waals surface area contributed by atoms with Gasteiger partial charge in [-0.15, -0.1) is 0 Å². The Hall–Kier alpha value is 0.380. The lowest BCUT2D eigenvalue weighted by Crippen LogP contribution is -2.14. The lowest BCUT2D eigenvalue weighted by atomic mass is 10.5. The molecule has 0 fully saturated rings. The van der Waals surface area contributed by atoms with E-state index in [4.69, 9.17) is 9.05 Å². The van der Waals surface area contributed by atoms with Gasteiger partial charge in [0.1, 0.15) is 0 Å². The van der Waals surface area contributed by atoms with Crippen molar-refractivity contribution in [2.75, 3.05) is 0 Å². The molecule has 0 aliphatic carbocycles. The zero-order chi connectivity index (χ0) is 19.9. The van der Waals surface area contributed by atoms with Crippen LogP contribution in [-0.2, 0) is 18.2 Å². The Morgan fingerprint density at radius 3 is 0.680 bits per heavy atom. The second-order valence-corrected chi connectivity index (χ2v) is 15.1. The van der Waals surface area contributed by atoms with E-state index in [9.17, 15) is 9.13 Å². The maximum absolute atomic E-state index is 12.2. The van der Waals surface area contributed by atoms with Crippen LogP contribution in [0.25, 0.3) is 0 Å². The minimum absolute atomic E-state index is 0. The van der Waals surface area contributed by atoms with Gasteiger partial charge in [0, 0.05) is 22.6 Å². The first kappa shape index (κ1) is 30.1. The average Bonchev–Trinajstić information content (AvgIpc) is 2.36. The molecule has 0 unspecified atom stereocenters. The molecule has 0 aromatic rings. The van der Waals surface area contributed by atoms with Gasteiger partial charge in [0.2, 0.25) is 14.7 Å². The highest BCUT2D eigenvalue weighted by Crippen LogP contribution is 2.57. The Morgan fingerprint density at radius 1 is 0.480 bits per heavy atom. The fourth-order valence-electron chi connectivity index (χ4n) is 2.34. The molecule has 0 radical (unpaired) electrons. The molecule has 0 saturated carbocycles. The molecule has 0 N–H and O–H groups in total. The van der Waals surface area contributed by atoms with Gasteiger partial charge in [0.25, 0.3) is 0 Å². The Kier molecular flexibility index (Phi) is 15.3. The van der Waals surface area contributed by atoms with Gasteiger partial charge >= 0.3 is 0 Å². The maximum Gasteiger partial charge on any atom is 0.208 e. The second-order valence-electron chi connectivity index (χ2n) is 7.97. The third-order valence-corrected chi connectivity index (χ3v) is 10.9. The molecule has 4 nitrogen and oxygen atoms in total. The topological polar surface area (TPSA) is 52.6 Å². The van der Waals surface area contributed by atoms with E-state index in [1.165, 1.54) is 0 Å². The molecular weight excluding hydrogens is 354 g/mol. The summed E-state index contributed by atoms with van der Waals surface area (Å²) in [6.45, 7) is 23.4. The summed E-state index contributed by atoms with van der Waals surface area (Å²) in [7, 11) is -4.84. The molecule has 0 atom stereocenters. The van der Waals surface area contributed by atoms with Crippen LogP contribution in [0.3, 0.4) is 0 Å². The zero-order valence-electron chi connectivity index (χ0n) is 18.0. The van der Waals surface area contributed by atoms with Crippen molar-refractivity contribution in [2.24, 2.45) is 0 Å². The molecule has 25 heavy (non-hydrogen) atoms. The zero-order valence-corrected chi connectivity index (χ0v) is 19.8. The summed E-state index contributed by atoms with van der Waals surface area (Å²) in [6, 6.07) is 0. The quantitative estimate of drug-likeness (QED) is 0.393. The van der Waals surface area contributed by atoms with Gasteiger partial charge < -0.3 is 9.05 Å². The molecule has 0 amide bonds. The minimum Gasteiger partial charge on any atom is -0.325 e. The summed E-state index contributed by atoms with van der Waals surface area (Å²) in [5.41, 5.74) is 0.500. The van der Waals surface area contributed by atoms with Gasteiger partial charge in [-0.2, -0.15) is 0 Å². The van der Waals surface area contributed by atoms with Crippen LogP contribution in [0.15, 0.2) is 0 Å². The summed E-state index contributed by atoms with van der Waals surface area (Å²) < 4.78 is 35.4. The van der Waals surface area contributed by atoms with Crippen LogP contribution in [0, 0.1) is 0 Å². The van der Waals surface area contributed by atoms with Crippen LogP contribution in [-0.4, -0.2) is 34.8 Å². The fraction of sp³-hybridized carbons (Fsp3) is 1.00. The Morgan fingerprint density at radius 2 is 0.640 bits per heavy atom. The van der Waals surface area contributed by atoms with Crippen LogP contribution < -0.4 is 0 Å². The van der Waals surface area contributed by atoms with E-state index < -0.39 is 14.7 Å². The van der Waals surface area contributed by atoms with E-state index in [0.717, 1.165) is 0 Å². The molecule has 0 aromatic carbocycles. The van der Waals surface area contributed by atoms with E-state index in [1.54, 1.807) is 0 Å². The van der Waals surface area contributed by atoms with Crippen molar-refractivity contribution in [3.8, 4) is 0 Å². The lowest BCUT2D eigenvalue weighted by molar-refractivity contribution is 0.236. The third-order valence-electron chi connectivity index (χ3n) is 3.63. The van der Waals surface area contributed by atoms with Crippen molar-refractivity contribution < 1.29 is 18.2 Å². The number of hydrogen-bond acceptors (Lipinski definition) is 4. The molecule has 0 aliphatic heterocycles. The number of rotatable bonds is 8. The predicted molar refractivity (Wildman–Crippen MR) is 115 cm³/mol. The highest BCUT2D eigenvalue weighted by molar-refractivity contribution is 7.60. The molecule has 0 spiro atoms. The first-order valence-corrected chi connectivity index (χ1v) is 12.7. The third kappa shape index (κ3) is 10.3. The Balaban J connectivity index is -0.000000372. The van der Waals surface area contributed by atoms with Crippen molar-refractivity contribution >= 4 is 14.7 Å². The molecule has 0 saturated heterocycles. The lowest BCUT2D eigenvalue weighted by Gasteiger charge is -2.27. The van der Waals surface area contributed by atoms with Crippen LogP contribution in [0.1, 0.15) is 90.5 Å². The summed E-state index contributed by atoms with van der Waals surface area (Å²) in [6.07, 6.45) is 0.112. The van der Waals surface area contributed by atoms with Crippen molar-refractivity contribution in [1.82, 2.24) is 0 Å². The minimum atomic E-state index is -2.42. The van der Waals surface area contributed by atoms with Crippen molar-refractivity contribution in [2.45, 2.75) is 125 Å². The van der Waals surface area contributed by atoms with E-state index >= 15 is 0 Å². The molecule has 0 aliphatic rings. The smallest absolute Gasteiger partial charge is 0.208 e. The summed E-state index contributed by atoms with van der Waals surface area (Å²) in [4.78, 5) is 0. The monoisotopic (exact) mass is 400 g/mol. The second kappa shape index (κ2) is 12.7. The molecule has 0 heterocycles. The van der Waals surface area contributed by atoms with Crippen LogP contribution in [0.2, 0.25) is 0 Å². The highest BCUT2D eigenvalue weighted by atomic mass is 31.2. The molecule has 0 rings (SSSR count). The van der Waals surface area contributed by atoms with Gasteiger partial charge in [-0.3, -0.25) is 9.13 Å². The summed E-state index contributed by atoms with van der Waals surface area (Å²) >= 11 is 0. The molecular formula is C19H46O4P2. The number of hydrogen-bond donors (Lipinski definition) is 0. The SMILES string of the molecule is C.CC(C)OP(=O)(C(C)C)C(C)C.CC(C)OP(=O)(C(C)C)C(C)C. The average molecular weight is 401 g/mol. The highest BCUT2D eigenvalue weighted by Gasteiger charge is 2.33. The van der Waals surface area contributed by atoms with Crippen LogP contribution in [0.5, 0.6) is 0 Å². The van der Waals surface area contributed by atoms with Gasteiger partial charge in [0.15, 0.2) is 0 Å². The summed E-state index contributed by atoms with van der Waals surface area (Å²) in [5, 5.41) is 0. The maximum atomic E-state index is 12.2.